The summed E-state index contributed by atoms with van der Waals surface area (Å²) in [6, 6.07) is 0. The number of esters is 1. The highest BCUT2D eigenvalue weighted by Gasteiger charge is 2.00. The molecule has 0 amide bonds. The molecule has 0 aliphatic heterocycles. The lowest BCUT2D eigenvalue weighted by molar-refractivity contribution is -0.137. The highest BCUT2D eigenvalue weighted by atomic mass is 35.5. The zero-order chi connectivity index (χ0) is 8.85. The van der Waals surface area contributed by atoms with Crippen molar-refractivity contribution in [3.63, 3.8) is 0 Å². The Morgan fingerprint density at radius 1 is 1.64 bits per heavy atom. The SMILES string of the molecule is C=C(C)C(=O)OCC=C(Cl)Cl. The molecule has 0 fully saturated rings. The average molecular weight is 195 g/mol. The van der Waals surface area contributed by atoms with Gasteiger partial charge in [0.2, 0.25) is 0 Å². The van der Waals surface area contributed by atoms with Crippen molar-refractivity contribution in [3.05, 3.63) is 22.7 Å². The second-order valence-electron chi connectivity index (χ2n) is 1.87. The smallest absolute Gasteiger partial charge is 0.333 e. The third-order valence-electron chi connectivity index (χ3n) is 0.801. The standard InChI is InChI=1S/C7H8Cl2O2/c1-5(2)7(10)11-4-3-6(8)9/h3H,1,4H2,2H3. The zero-order valence-electron chi connectivity index (χ0n) is 6.06. The second-order valence-corrected chi connectivity index (χ2v) is 2.88. The van der Waals surface area contributed by atoms with Crippen LogP contribution < -0.4 is 0 Å². The summed E-state index contributed by atoms with van der Waals surface area (Å²) >= 11 is 10.5. The Morgan fingerprint density at radius 3 is 2.55 bits per heavy atom. The molecule has 0 aliphatic carbocycles. The number of halogens is 2. The summed E-state index contributed by atoms with van der Waals surface area (Å²) in [6.45, 7) is 5.03. The summed E-state index contributed by atoms with van der Waals surface area (Å²) < 4.78 is 4.71. The number of hydrogen-bond acceptors (Lipinski definition) is 2. The maximum absolute atomic E-state index is 10.7. The van der Waals surface area contributed by atoms with E-state index >= 15 is 0 Å². The molecule has 62 valence electrons. The molecule has 0 aromatic rings. The average Bonchev–Trinajstić information content (AvgIpc) is 1.86. The molecule has 2 nitrogen and oxygen atoms in total. The second kappa shape index (κ2) is 5.22. The monoisotopic (exact) mass is 194 g/mol. The molecule has 0 spiro atoms. The lowest BCUT2D eigenvalue weighted by atomic mass is 10.4. The van der Waals surface area contributed by atoms with Gasteiger partial charge < -0.3 is 4.74 Å². The normalized spacial score (nSPS) is 8.64. The van der Waals surface area contributed by atoms with Gasteiger partial charge in [0, 0.05) is 5.57 Å². The van der Waals surface area contributed by atoms with E-state index in [1.807, 2.05) is 0 Å². The van der Waals surface area contributed by atoms with E-state index in [4.69, 9.17) is 23.2 Å². The Morgan fingerprint density at radius 2 is 2.18 bits per heavy atom. The molecule has 0 saturated carbocycles. The molecule has 11 heavy (non-hydrogen) atoms. The van der Waals surface area contributed by atoms with Crippen LogP contribution in [-0.2, 0) is 9.53 Å². The molecule has 4 heteroatoms. The molecule has 0 heterocycles. The van der Waals surface area contributed by atoms with Crippen LogP contribution >= 0.6 is 23.2 Å². The van der Waals surface area contributed by atoms with Crippen molar-refractivity contribution in [2.45, 2.75) is 6.92 Å². The van der Waals surface area contributed by atoms with Crippen LogP contribution in [0.5, 0.6) is 0 Å². The Hall–Kier alpha value is -0.470. The van der Waals surface area contributed by atoms with Crippen molar-refractivity contribution in [3.8, 4) is 0 Å². The molecule has 0 saturated heterocycles. The van der Waals surface area contributed by atoms with E-state index in [1.165, 1.54) is 6.08 Å². The van der Waals surface area contributed by atoms with Gasteiger partial charge in [0.15, 0.2) is 0 Å². The van der Waals surface area contributed by atoms with Gasteiger partial charge in [0.1, 0.15) is 11.1 Å². The van der Waals surface area contributed by atoms with E-state index in [0.717, 1.165) is 0 Å². The Kier molecular flexibility index (Phi) is 4.99. The molecule has 0 aliphatic rings. The summed E-state index contributed by atoms with van der Waals surface area (Å²) in [4.78, 5) is 10.7. The minimum absolute atomic E-state index is 0.0774. The Balaban J connectivity index is 3.64. The predicted molar refractivity (Wildman–Crippen MR) is 45.6 cm³/mol. The fourth-order valence-corrected chi connectivity index (χ4v) is 0.430. The summed E-state index contributed by atoms with van der Waals surface area (Å²) in [5, 5.41) is 0. The molecule has 0 radical (unpaired) electrons. The number of carbonyl (C=O) groups excluding carboxylic acids is 1. The third-order valence-corrected chi connectivity index (χ3v) is 1.11. The van der Waals surface area contributed by atoms with Crippen LogP contribution in [0.2, 0.25) is 0 Å². The number of rotatable bonds is 3. The molecule has 0 aromatic carbocycles. The van der Waals surface area contributed by atoms with Crippen LogP contribution in [0.15, 0.2) is 22.7 Å². The van der Waals surface area contributed by atoms with E-state index in [-0.39, 0.29) is 11.1 Å². The summed E-state index contributed by atoms with van der Waals surface area (Å²) in [6.07, 6.45) is 1.38. The molecule has 0 atom stereocenters. The van der Waals surface area contributed by atoms with Gasteiger partial charge in [0.25, 0.3) is 0 Å². The maximum atomic E-state index is 10.7. The first kappa shape index (κ1) is 10.5. The summed E-state index contributed by atoms with van der Waals surface area (Å²) in [5.74, 6) is -0.448. The first-order chi connectivity index (χ1) is 5.04. The fraction of sp³-hybridized carbons (Fsp3) is 0.286. The third kappa shape index (κ3) is 5.95. The topological polar surface area (TPSA) is 26.3 Å². The molecule has 0 aromatic heterocycles. The van der Waals surface area contributed by atoms with Gasteiger partial charge in [0.05, 0.1) is 0 Å². The van der Waals surface area contributed by atoms with Crippen LogP contribution in [0.4, 0.5) is 0 Å². The van der Waals surface area contributed by atoms with E-state index in [2.05, 4.69) is 11.3 Å². The molecule has 0 rings (SSSR count). The maximum Gasteiger partial charge on any atom is 0.333 e. The lowest BCUT2D eigenvalue weighted by Gasteiger charge is -1.98. The van der Waals surface area contributed by atoms with Gasteiger partial charge in [-0.05, 0) is 13.0 Å². The van der Waals surface area contributed by atoms with Crippen LogP contribution in [0.3, 0.4) is 0 Å². The number of ether oxygens (including phenoxy) is 1. The van der Waals surface area contributed by atoms with Crippen LogP contribution in [0, 0.1) is 0 Å². The van der Waals surface area contributed by atoms with Crippen molar-refractivity contribution < 1.29 is 9.53 Å². The minimum atomic E-state index is -0.448. The fourth-order valence-electron chi connectivity index (χ4n) is 0.304. The van der Waals surface area contributed by atoms with Crippen molar-refractivity contribution in [2.75, 3.05) is 6.61 Å². The van der Waals surface area contributed by atoms with Gasteiger partial charge in [-0.2, -0.15) is 0 Å². The van der Waals surface area contributed by atoms with Gasteiger partial charge in [-0.1, -0.05) is 29.8 Å². The van der Waals surface area contributed by atoms with Crippen molar-refractivity contribution in [2.24, 2.45) is 0 Å². The molecular weight excluding hydrogens is 187 g/mol. The molecule has 0 N–H and O–H groups in total. The molecule has 0 unspecified atom stereocenters. The van der Waals surface area contributed by atoms with Gasteiger partial charge >= 0.3 is 5.97 Å². The first-order valence-corrected chi connectivity index (χ1v) is 3.63. The summed E-state index contributed by atoms with van der Waals surface area (Å²) in [5.41, 5.74) is 0.351. The van der Waals surface area contributed by atoms with E-state index in [9.17, 15) is 4.79 Å². The van der Waals surface area contributed by atoms with Crippen LogP contribution in [0.1, 0.15) is 6.92 Å². The van der Waals surface area contributed by atoms with Crippen LogP contribution in [-0.4, -0.2) is 12.6 Å². The number of carbonyl (C=O) groups is 1. The highest BCUT2D eigenvalue weighted by molar-refractivity contribution is 6.55. The van der Waals surface area contributed by atoms with E-state index in [0.29, 0.717) is 5.57 Å². The quantitative estimate of drug-likeness (QED) is 0.510. The predicted octanol–water partition coefficient (Wildman–Crippen LogP) is 2.42. The first-order valence-electron chi connectivity index (χ1n) is 2.88. The van der Waals surface area contributed by atoms with Crippen molar-refractivity contribution in [1.82, 2.24) is 0 Å². The Labute approximate surface area is 75.4 Å². The lowest BCUT2D eigenvalue weighted by Crippen LogP contribution is -2.04. The Bertz CT molecular complexity index is 193. The zero-order valence-corrected chi connectivity index (χ0v) is 7.58. The van der Waals surface area contributed by atoms with E-state index in [1.54, 1.807) is 6.92 Å². The molecular formula is C7H8Cl2O2. The highest BCUT2D eigenvalue weighted by Crippen LogP contribution is 2.05. The summed E-state index contributed by atoms with van der Waals surface area (Å²) in [7, 11) is 0. The number of hydrogen-bond donors (Lipinski definition) is 0. The van der Waals surface area contributed by atoms with Gasteiger partial charge in [-0.15, -0.1) is 0 Å². The van der Waals surface area contributed by atoms with Crippen molar-refractivity contribution >= 4 is 29.2 Å². The molecule has 0 bridgehead atoms. The largest absolute Gasteiger partial charge is 0.458 e. The van der Waals surface area contributed by atoms with Crippen LogP contribution in [0.25, 0.3) is 0 Å². The van der Waals surface area contributed by atoms with Gasteiger partial charge in [-0.25, -0.2) is 4.79 Å². The van der Waals surface area contributed by atoms with E-state index < -0.39 is 5.97 Å². The van der Waals surface area contributed by atoms with Crippen molar-refractivity contribution in [1.29, 1.82) is 0 Å². The van der Waals surface area contributed by atoms with Gasteiger partial charge in [-0.3, -0.25) is 0 Å². The minimum Gasteiger partial charge on any atom is -0.458 e.